The van der Waals surface area contributed by atoms with E-state index in [9.17, 15) is 14.9 Å². The molecule has 0 radical (unpaired) electrons. The Labute approximate surface area is 157 Å². The minimum Gasteiger partial charge on any atom is -0.347 e. The van der Waals surface area contributed by atoms with E-state index in [4.69, 9.17) is 0 Å². The second kappa shape index (κ2) is 7.56. The summed E-state index contributed by atoms with van der Waals surface area (Å²) in [5.41, 5.74) is -0.732. The summed E-state index contributed by atoms with van der Waals surface area (Å²) in [6.45, 7) is 8.55. The fourth-order valence-corrected chi connectivity index (χ4v) is 4.09. The van der Waals surface area contributed by atoms with Crippen LogP contribution in [-0.4, -0.2) is 60.4 Å². The molecule has 6 heteroatoms. The van der Waals surface area contributed by atoms with E-state index < -0.39 is 5.41 Å². The number of nitrogens with one attached hydrogen (secondary N) is 1. The molecule has 2 fully saturated rings. The second-order valence-electron chi connectivity index (χ2n) is 9.43. The molecular formula is C20H34N4O2. The van der Waals surface area contributed by atoms with Gasteiger partial charge >= 0.3 is 0 Å². The normalized spacial score (nSPS) is 26.2. The predicted octanol–water partition coefficient (Wildman–Crippen LogP) is 2.15. The van der Waals surface area contributed by atoms with Crippen molar-refractivity contribution < 1.29 is 9.59 Å². The van der Waals surface area contributed by atoms with Crippen molar-refractivity contribution >= 4 is 11.8 Å². The van der Waals surface area contributed by atoms with Crippen molar-refractivity contribution in [1.82, 2.24) is 15.1 Å². The van der Waals surface area contributed by atoms with Crippen LogP contribution in [0.15, 0.2) is 0 Å². The number of carbonyl (C=O) groups excluding carboxylic acids is 2. The van der Waals surface area contributed by atoms with Crippen molar-refractivity contribution in [3.05, 3.63) is 0 Å². The van der Waals surface area contributed by atoms with E-state index in [1.165, 1.54) is 0 Å². The topological polar surface area (TPSA) is 76.4 Å². The highest BCUT2D eigenvalue weighted by atomic mass is 16.2. The summed E-state index contributed by atoms with van der Waals surface area (Å²) >= 11 is 0. The molecule has 0 spiro atoms. The molecule has 0 aromatic rings. The summed E-state index contributed by atoms with van der Waals surface area (Å²) in [5, 5.41) is 12.8. The molecule has 2 rings (SSSR count). The van der Waals surface area contributed by atoms with E-state index in [1.54, 1.807) is 32.8 Å². The zero-order chi connectivity index (χ0) is 19.7. The van der Waals surface area contributed by atoms with Crippen LogP contribution in [0.3, 0.4) is 0 Å². The Hall–Kier alpha value is -1.61. The number of hydrogen-bond acceptors (Lipinski definition) is 4. The number of amides is 2. The van der Waals surface area contributed by atoms with E-state index in [-0.39, 0.29) is 29.9 Å². The van der Waals surface area contributed by atoms with Crippen LogP contribution in [0.1, 0.15) is 59.8 Å². The van der Waals surface area contributed by atoms with Crippen LogP contribution >= 0.6 is 0 Å². The molecule has 146 valence electrons. The maximum atomic E-state index is 13.2. The van der Waals surface area contributed by atoms with Crippen molar-refractivity contribution in [1.29, 1.82) is 5.26 Å². The molecule has 2 atom stereocenters. The summed E-state index contributed by atoms with van der Waals surface area (Å²) < 4.78 is 0. The van der Waals surface area contributed by atoms with Gasteiger partial charge in [-0.1, -0.05) is 13.8 Å². The molecule has 0 aromatic carbocycles. The average Bonchev–Trinajstić information content (AvgIpc) is 3.05. The highest BCUT2D eigenvalue weighted by Crippen LogP contribution is 2.39. The monoisotopic (exact) mass is 362 g/mol. The molecule has 1 heterocycles. The third kappa shape index (κ3) is 4.37. The molecule has 0 aromatic heterocycles. The number of rotatable bonds is 4. The minimum absolute atomic E-state index is 0.0322. The van der Waals surface area contributed by atoms with E-state index in [1.807, 2.05) is 4.90 Å². The van der Waals surface area contributed by atoms with Gasteiger partial charge in [-0.15, -0.1) is 0 Å². The van der Waals surface area contributed by atoms with Gasteiger partial charge in [0.05, 0.1) is 12.1 Å². The Bertz CT molecular complexity index is 581. The largest absolute Gasteiger partial charge is 0.347 e. The van der Waals surface area contributed by atoms with Crippen molar-refractivity contribution in [2.45, 2.75) is 77.9 Å². The maximum absolute atomic E-state index is 13.2. The Balaban J connectivity index is 2.21. The molecule has 1 saturated carbocycles. The Morgan fingerprint density at radius 1 is 1.15 bits per heavy atom. The third-order valence-corrected chi connectivity index (χ3v) is 5.99. The van der Waals surface area contributed by atoms with E-state index in [2.05, 4.69) is 25.2 Å². The summed E-state index contributed by atoms with van der Waals surface area (Å²) in [7, 11) is 3.50. The number of likely N-dealkylation sites (N-methyl/N-ethyl adjacent to an activating group) is 1. The van der Waals surface area contributed by atoms with Gasteiger partial charge in [-0.05, 0) is 51.4 Å². The third-order valence-electron chi connectivity index (χ3n) is 5.99. The molecule has 2 aliphatic rings. The lowest BCUT2D eigenvalue weighted by Crippen LogP contribution is -2.53. The lowest BCUT2D eigenvalue weighted by atomic mass is 9.74. The van der Waals surface area contributed by atoms with Gasteiger partial charge in [0.25, 0.3) is 0 Å². The first-order valence-electron chi connectivity index (χ1n) is 9.67. The quantitative estimate of drug-likeness (QED) is 0.831. The number of hydrogen-bond donors (Lipinski definition) is 1. The van der Waals surface area contributed by atoms with E-state index in [0.717, 1.165) is 25.7 Å². The van der Waals surface area contributed by atoms with Gasteiger partial charge in [-0.25, -0.2) is 0 Å². The first-order chi connectivity index (χ1) is 12.0. The Morgan fingerprint density at radius 2 is 1.73 bits per heavy atom. The summed E-state index contributed by atoms with van der Waals surface area (Å²) in [4.78, 5) is 29.1. The van der Waals surface area contributed by atoms with Crippen LogP contribution < -0.4 is 5.32 Å². The average molecular weight is 363 g/mol. The lowest BCUT2D eigenvalue weighted by molar-refractivity contribution is -0.144. The highest BCUT2D eigenvalue weighted by Gasteiger charge is 2.44. The second-order valence-corrected chi connectivity index (χ2v) is 9.43. The predicted molar refractivity (Wildman–Crippen MR) is 101 cm³/mol. The first-order valence-corrected chi connectivity index (χ1v) is 9.67. The zero-order valence-electron chi connectivity index (χ0n) is 17.1. The lowest BCUT2D eigenvalue weighted by Gasteiger charge is -2.44. The van der Waals surface area contributed by atoms with Gasteiger partial charge in [0.2, 0.25) is 11.8 Å². The van der Waals surface area contributed by atoms with Gasteiger partial charge in [0.15, 0.2) is 0 Å². The molecule has 2 unspecified atom stereocenters. The van der Waals surface area contributed by atoms with Crippen LogP contribution in [0, 0.1) is 22.2 Å². The Morgan fingerprint density at radius 3 is 2.23 bits per heavy atom. The molecule has 1 N–H and O–H groups in total. The molecular weight excluding hydrogens is 328 g/mol. The summed E-state index contributed by atoms with van der Waals surface area (Å²) in [6, 6.07) is 2.04. The molecule has 26 heavy (non-hydrogen) atoms. The molecule has 2 amide bonds. The number of nitrogens with zero attached hydrogens (tertiary/aromatic N) is 3. The minimum atomic E-state index is -1.05. The van der Waals surface area contributed by atoms with Gasteiger partial charge in [0, 0.05) is 32.7 Å². The van der Waals surface area contributed by atoms with Crippen molar-refractivity contribution in [2.75, 3.05) is 20.6 Å². The Kier molecular flexibility index (Phi) is 6.02. The zero-order valence-corrected chi connectivity index (χ0v) is 17.1. The molecule has 1 aliphatic carbocycles. The summed E-state index contributed by atoms with van der Waals surface area (Å²) in [5.74, 6) is -0.0568. The van der Waals surface area contributed by atoms with Crippen LogP contribution in [0.2, 0.25) is 0 Å². The van der Waals surface area contributed by atoms with Gasteiger partial charge in [-0.3, -0.25) is 9.59 Å². The summed E-state index contributed by atoms with van der Waals surface area (Å²) in [6.07, 6.45) is 4.69. The van der Waals surface area contributed by atoms with Crippen LogP contribution in [0.4, 0.5) is 0 Å². The first kappa shape index (κ1) is 20.7. The SMILES string of the molecule is CN(C)C(=O)C1CC(N(C(=O)C(C)(C)C#N)C2CCC(C)(C)CC2)CN1. The number of nitriles is 1. The van der Waals surface area contributed by atoms with Crippen LogP contribution in [0.5, 0.6) is 0 Å². The molecule has 1 aliphatic heterocycles. The van der Waals surface area contributed by atoms with Crippen molar-refractivity contribution in [3.63, 3.8) is 0 Å². The molecule has 6 nitrogen and oxygen atoms in total. The van der Waals surface area contributed by atoms with Gasteiger partial charge in [-0.2, -0.15) is 5.26 Å². The standard InChI is InChI=1S/C20H34N4O2/c1-19(2)9-7-14(8-10-19)24(18(26)20(3,4)13-21)15-11-16(22-12-15)17(25)23(5)6/h14-16,22H,7-12H2,1-6H3. The highest BCUT2D eigenvalue weighted by molar-refractivity contribution is 5.86. The van der Waals surface area contributed by atoms with Gasteiger partial charge < -0.3 is 15.1 Å². The fraction of sp³-hybridized carbons (Fsp3) is 0.850. The van der Waals surface area contributed by atoms with Crippen molar-refractivity contribution in [3.8, 4) is 6.07 Å². The fourth-order valence-electron chi connectivity index (χ4n) is 4.09. The van der Waals surface area contributed by atoms with Crippen molar-refractivity contribution in [2.24, 2.45) is 10.8 Å². The maximum Gasteiger partial charge on any atom is 0.243 e. The molecule has 1 saturated heterocycles. The van der Waals surface area contributed by atoms with Crippen LogP contribution in [-0.2, 0) is 9.59 Å². The molecule has 0 bridgehead atoms. The smallest absolute Gasteiger partial charge is 0.243 e. The number of carbonyl (C=O) groups is 2. The van der Waals surface area contributed by atoms with E-state index >= 15 is 0 Å². The van der Waals surface area contributed by atoms with Crippen LogP contribution in [0.25, 0.3) is 0 Å². The van der Waals surface area contributed by atoms with E-state index in [0.29, 0.717) is 18.4 Å². The van der Waals surface area contributed by atoms with Gasteiger partial charge in [0.1, 0.15) is 5.41 Å².